The number of anilines is 6. The number of nitrogens with zero attached hydrogens (tertiary/aromatic N) is 2. The van der Waals surface area contributed by atoms with Crippen molar-refractivity contribution in [2.45, 2.75) is 0 Å². The zero-order chi connectivity index (χ0) is 37.5. The summed E-state index contributed by atoms with van der Waals surface area (Å²) >= 11 is 0. The van der Waals surface area contributed by atoms with Crippen LogP contribution in [0.5, 0.6) is 0 Å². The van der Waals surface area contributed by atoms with Crippen molar-refractivity contribution in [1.29, 1.82) is 0 Å². The van der Waals surface area contributed by atoms with E-state index in [1.165, 1.54) is 32.7 Å². The number of hydrogen-bond donors (Lipinski definition) is 0. The molecule has 9 aromatic rings. The maximum atomic E-state index is 2.29. The molecule has 0 amide bonds. The van der Waals surface area contributed by atoms with Gasteiger partial charge >= 0.3 is 0 Å². The van der Waals surface area contributed by atoms with Crippen molar-refractivity contribution in [1.82, 2.24) is 0 Å². The molecule has 0 aliphatic rings. The molecular formula is C54H40N2. The van der Waals surface area contributed by atoms with E-state index in [0.717, 1.165) is 45.3 Å². The first kappa shape index (κ1) is 34.4. The van der Waals surface area contributed by atoms with Crippen molar-refractivity contribution in [3.05, 3.63) is 241 Å². The van der Waals surface area contributed by atoms with Crippen molar-refractivity contribution in [3.8, 4) is 0 Å². The molecule has 0 aliphatic heterocycles. The molecule has 0 spiro atoms. The van der Waals surface area contributed by atoms with E-state index >= 15 is 0 Å². The van der Waals surface area contributed by atoms with Gasteiger partial charge in [0.05, 0.1) is 0 Å². The predicted molar refractivity (Wildman–Crippen MR) is 242 cm³/mol. The molecule has 0 N–H and O–H groups in total. The van der Waals surface area contributed by atoms with Crippen LogP contribution in [0.25, 0.3) is 45.8 Å². The molecule has 0 saturated heterocycles. The molecule has 0 aromatic heterocycles. The minimum Gasteiger partial charge on any atom is -0.311 e. The standard InChI is InChI=1S/C54H40N2/c1-5-17-43(18-6-1)55(44-19-7-2-8-20-44)47-35-29-41(30-36-47)33-39-53-49-25-13-15-27-51(49)54(52-28-16-14-26-50(52)53)40-34-42-31-37-48(38-32-42)56(45-21-9-3-10-22-45)46-23-11-4-12-24-46/h1-40H/b39-33+,40-34+. The Bertz CT molecular complexity index is 2420. The van der Waals surface area contributed by atoms with Gasteiger partial charge in [-0.25, -0.2) is 0 Å². The molecule has 2 nitrogen and oxygen atoms in total. The van der Waals surface area contributed by atoms with Gasteiger partial charge in [-0.05, 0) is 117 Å². The van der Waals surface area contributed by atoms with Crippen LogP contribution in [0, 0.1) is 0 Å². The lowest BCUT2D eigenvalue weighted by molar-refractivity contribution is 1.28. The van der Waals surface area contributed by atoms with Gasteiger partial charge in [0, 0.05) is 34.1 Å². The molecule has 0 saturated carbocycles. The Morgan fingerprint density at radius 2 is 0.446 bits per heavy atom. The van der Waals surface area contributed by atoms with Crippen molar-refractivity contribution in [2.24, 2.45) is 0 Å². The third-order valence-corrected chi connectivity index (χ3v) is 10.3. The molecule has 0 heterocycles. The molecule has 9 rings (SSSR count). The highest BCUT2D eigenvalue weighted by Gasteiger charge is 2.14. The van der Waals surface area contributed by atoms with Crippen LogP contribution >= 0.6 is 0 Å². The first-order valence-electron chi connectivity index (χ1n) is 19.1. The predicted octanol–water partition coefficient (Wildman–Crippen LogP) is 15.3. The number of rotatable bonds is 10. The smallest absolute Gasteiger partial charge is 0.0462 e. The van der Waals surface area contributed by atoms with Crippen molar-refractivity contribution >= 4 is 80.0 Å². The van der Waals surface area contributed by atoms with Crippen LogP contribution in [0.1, 0.15) is 22.3 Å². The maximum Gasteiger partial charge on any atom is 0.0462 e. The minimum atomic E-state index is 1.12. The molecular weight excluding hydrogens is 677 g/mol. The second kappa shape index (κ2) is 15.9. The highest BCUT2D eigenvalue weighted by Crippen LogP contribution is 2.38. The highest BCUT2D eigenvalue weighted by molar-refractivity contribution is 6.14. The molecule has 0 atom stereocenters. The first-order chi connectivity index (χ1) is 27.8. The van der Waals surface area contributed by atoms with Crippen molar-refractivity contribution in [3.63, 3.8) is 0 Å². The Labute approximate surface area is 329 Å². The van der Waals surface area contributed by atoms with E-state index < -0.39 is 0 Å². The van der Waals surface area contributed by atoms with E-state index in [1.807, 2.05) is 0 Å². The molecule has 9 aromatic carbocycles. The summed E-state index contributed by atoms with van der Waals surface area (Å²) in [4.78, 5) is 4.58. The summed E-state index contributed by atoms with van der Waals surface area (Å²) in [6, 6.07) is 77.3. The highest BCUT2D eigenvalue weighted by atomic mass is 15.1. The van der Waals surface area contributed by atoms with E-state index in [1.54, 1.807) is 0 Å². The van der Waals surface area contributed by atoms with Gasteiger partial charge in [-0.15, -0.1) is 0 Å². The first-order valence-corrected chi connectivity index (χ1v) is 19.1. The molecule has 0 fully saturated rings. The molecule has 0 bridgehead atoms. The zero-order valence-electron chi connectivity index (χ0n) is 31.0. The topological polar surface area (TPSA) is 6.48 Å². The Morgan fingerprint density at radius 1 is 0.214 bits per heavy atom. The summed E-state index contributed by atoms with van der Waals surface area (Å²) in [7, 11) is 0. The lowest BCUT2D eigenvalue weighted by atomic mass is 9.91. The average molecular weight is 717 g/mol. The van der Waals surface area contributed by atoms with Crippen LogP contribution < -0.4 is 9.80 Å². The van der Waals surface area contributed by atoms with Crippen LogP contribution in [0.2, 0.25) is 0 Å². The van der Waals surface area contributed by atoms with Crippen LogP contribution in [0.3, 0.4) is 0 Å². The molecule has 0 aliphatic carbocycles. The molecule has 0 unspecified atom stereocenters. The second-order valence-corrected chi connectivity index (χ2v) is 13.8. The van der Waals surface area contributed by atoms with Crippen LogP contribution in [-0.2, 0) is 0 Å². The Balaban J connectivity index is 1.03. The fraction of sp³-hybridized carbons (Fsp3) is 0. The van der Waals surface area contributed by atoms with Crippen LogP contribution in [-0.4, -0.2) is 0 Å². The second-order valence-electron chi connectivity index (χ2n) is 13.8. The van der Waals surface area contributed by atoms with E-state index in [2.05, 4.69) is 252 Å². The molecule has 266 valence electrons. The fourth-order valence-electron chi connectivity index (χ4n) is 7.59. The van der Waals surface area contributed by atoms with Crippen LogP contribution in [0.4, 0.5) is 34.1 Å². The van der Waals surface area contributed by atoms with E-state index in [0.29, 0.717) is 0 Å². The largest absolute Gasteiger partial charge is 0.311 e. The molecule has 0 radical (unpaired) electrons. The van der Waals surface area contributed by atoms with Crippen LogP contribution in [0.15, 0.2) is 218 Å². The third-order valence-electron chi connectivity index (χ3n) is 10.3. The normalized spacial score (nSPS) is 11.4. The van der Waals surface area contributed by atoms with Gasteiger partial charge in [0.25, 0.3) is 0 Å². The van der Waals surface area contributed by atoms with Gasteiger partial charge < -0.3 is 9.80 Å². The van der Waals surface area contributed by atoms with Gasteiger partial charge in [-0.2, -0.15) is 0 Å². The maximum absolute atomic E-state index is 2.29. The summed E-state index contributed by atoms with van der Waals surface area (Å²) in [5.41, 5.74) is 11.5. The Kier molecular flexibility index (Phi) is 9.75. The minimum absolute atomic E-state index is 1.12. The number of fused-ring (bicyclic) bond motifs is 2. The third kappa shape index (κ3) is 7.12. The zero-order valence-corrected chi connectivity index (χ0v) is 31.0. The van der Waals surface area contributed by atoms with Gasteiger partial charge in [0.1, 0.15) is 0 Å². The summed E-state index contributed by atoms with van der Waals surface area (Å²) < 4.78 is 0. The van der Waals surface area contributed by atoms with Gasteiger partial charge in [-0.3, -0.25) is 0 Å². The fourth-order valence-corrected chi connectivity index (χ4v) is 7.59. The summed E-state index contributed by atoms with van der Waals surface area (Å²) in [5.74, 6) is 0. The summed E-state index contributed by atoms with van der Waals surface area (Å²) in [6.45, 7) is 0. The van der Waals surface area contributed by atoms with E-state index in [4.69, 9.17) is 0 Å². The Hall–Kier alpha value is -7.42. The van der Waals surface area contributed by atoms with Gasteiger partial charge in [-0.1, -0.05) is 170 Å². The van der Waals surface area contributed by atoms with E-state index in [9.17, 15) is 0 Å². The average Bonchev–Trinajstić information content (AvgIpc) is 3.27. The Morgan fingerprint density at radius 3 is 0.714 bits per heavy atom. The lowest BCUT2D eigenvalue weighted by Gasteiger charge is -2.25. The molecule has 2 heteroatoms. The van der Waals surface area contributed by atoms with Crippen molar-refractivity contribution in [2.75, 3.05) is 9.80 Å². The van der Waals surface area contributed by atoms with Gasteiger partial charge in [0.2, 0.25) is 0 Å². The summed E-state index contributed by atoms with van der Waals surface area (Å²) in [5, 5.41) is 4.93. The van der Waals surface area contributed by atoms with Crippen molar-refractivity contribution < 1.29 is 0 Å². The number of benzene rings is 9. The monoisotopic (exact) mass is 716 g/mol. The SMILES string of the molecule is C(=C\c1c2ccccc2c(/C=C/c2ccc(N(c3ccccc3)c3ccccc3)cc2)c2ccccc12)/c1ccc(N(c2ccccc2)c2ccccc2)cc1. The lowest BCUT2D eigenvalue weighted by Crippen LogP contribution is -2.09. The number of hydrogen-bond acceptors (Lipinski definition) is 2. The molecule has 56 heavy (non-hydrogen) atoms. The number of para-hydroxylation sites is 4. The summed E-state index contributed by atoms with van der Waals surface area (Å²) in [6.07, 6.45) is 9.03. The van der Waals surface area contributed by atoms with E-state index in [-0.39, 0.29) is 0 Å². The van der Waals surface area contributed by atoms with Gasteiger partial charge in [0.15, 0.2) is 0 Å². The quantitative estimate of drug-likeness (QED) is 0.103.